The molecule has 1 saturated heterocycles. The summed E-state index contributed by atoms with van der Waals surface area (Å²) in [6.07, 6.45) is -0.494. The van der Waals surface area contributed by atoms with Gasteiger partial charge in [0, 0.05) is 17.8 Å². The molecule has 3 rings (SSSR count). The lowest BCUT2D eigenvalue weighted by Gasteiger charge is -2.32. The first-order valence-corrected chi connectivity index (χ1v) is 7.85. The van der Waals surface area contributed by atoms with E-state index in [1.807, 2.05) is 0 Å². The van der Waals surface area contributed by atoms with Crippen molar-refractivity contribution in [3.8, 4) is 0 Å². The van der Waals surface area contributed by atoms with Crippen LogP contribution in [0.15, 0.2) is 42.5 Å². The number of hydrogen-bond donors (Lipinski definition) is 1. The van der Waals surface area contributed by atoms with Crippen LogP contribution < -0.4 is 10.2 Å². The highest BCUT2D eigenvalue weighted by Crippen LogP contribution is 2.19. The van der Waals surface area contributed by atoms with Crippen LogP contribution in [0.3, 0.4) is 0 Å². The van der Waals surface area contributed by atoms with Crippen LogP contribution in [0.25, 0.3) is 0 Å². The number of morpholine rings is 1. The molecule has 0 aliphatic carbocycles. The summed E-state index contributed by atoms with van der Waals surface area (Å²) in [4.78, 5) is 25.5. The quantitative estimate of drug-likeness (QED) is 0.906. The van der Waals surface area contributed by atoms with Crippen molar-refractivity contribution in [3.05, 3.63) is 65.5 Å². The first kappa shape index (κ1) is 17.9. The van der Waals surface area contributed by atoms with E-state index in [0.717, 1.165) is 12.1 Å². The Morgan fingerprint density at radius 3 is 2.54 bits per heavy atom. The Bertz CT molecular complexity index is 827. The van der Waals surface area contributed by atoms with E-state index >= 15 is 0 Å². The topological polar surface area (TPSA) is 58.6 Å². The van der Waals surface area contributed by atoms with Crippen LogP contribution in [0.2, 0.25) is 0 Å². The van der Waals surface area contributed by atoms with Crippen molar-refractivity contribution < 1.29 is 27.5 Å². The minimum Gasteiger partial charge on any atom is -0.365 e. The zero-order chi connectivity index (χ0) is 18.7. The Morgan fingerprint density at radius 2 is 1.85 bits per heavy atom. The Morgan fingerprint density at radius 1 is 1.12 bits per heavy atom. The summed E-state index contributed by atoms with van der Waals surface area (Å²) in [5, 5.41) is 2.56. The van der Waals surface area contributed by atoms with Gasteiger partial charge in [0.1, 0.15) is 12.4 Å². The fourth-order valence-corrected chi connectivity index (χ4v) is 2.57. The predicted molar refractivity (Wildman–Crippen MR) is 87.2 cm³/mol. The standard InChI is InChI=1S/C18H15F3N2O3/c19-12-2-4-13(5-3-12)23-9-14(26-10-17(23)24)8-22-18(25)11-1-6-15(20)16(21)7-11/h1-7,14H,8-10H2,(H,22,25). The zero-order valence-electron chi connectivity index (χ0n) is 13.5. The van der Waals surface area contributed by atoms with Gasteiger partial charge < -0.3 is 15.0 Å². The molecule has 2 aromatic carbocycles. The Hall–Kier alpha value is -2.87. The lowest BCUT2D eigenvalue weighted by molar-refractivity contribution is -0.129. The van der Waals surface area contributed by atoms with Crippen molar-refractivity contribution >= 4 is 17.5 Å². The highest BCUT2D eigenvalue weighted by molar-refractivity contribution is 5.95. The molecular weight excluding hydrogens is 349 g/mol. The summed E-state index contributed by atoms with van der Waals surface area (Å²) in [7, 11) is 0. The molecular formula is C18H15F3N2O3. The summed E-state index contributed by atoms with van der Waals surface area (Å²) in [5.74, 6) is -3.42. The van der Waals surface area contributed by atoms with Crippen molar-refractivity contribution in [3.63, 3.8) is 0 Å². The maximum absolute atomic E-state index is 13.2. The Labute approximate surface area is 147 Å². The molecule has 2 amide bonds. The first-order valence-electron chi connectivity index (χ1n) is 7.85. The van der Waals surface area contributed by atoms with Gasteiger partial charge in [0.25, 0.3) is 11.8 Å². The van der Waals surface area contributed by atoms with Gasteiger partial charge in [0.05, 0.1) is 12.6 Å². The third-order valence-corrected chi connectivity index (χ3v) is 3.94. The number of hydrogen-bond acceptors (Lipinski definition) is 3. The van der Waals surface area contributed by atoms with E-state index < -0.39 is 29.5 Å². The number of anilines is 1. The minimum atomic E-state index is -1.11. The van der Waals surface area contributed by atoms with Gasteiger partial charge in [-0.3, -0.25) is 9.59 Å². The molecule has 8 heteroatoms. The molecule has 1 unspecified atom stereocenters. The number of rotatable bonds is 4. The van der Waals surface area contributed by atoms with Gasteiger partial charge in [0.2, 0.25) is 0 Å². The number of nitrogens with one attached hydrogen (secondary N) is 1. The van der Waals surface area contributed by atoms with Gasteiger partial charge in [-0.2, -0.15) is 0 Å². The number of benzene rings is 2. The third-order valence-electron chi connectivity index (χ3n) is 3.94. The molecule has 2 aromatic rings. The molecule has 136 valence electrons. The van der Waals surface area contributed by atoms with Gasteiger partial charge in [-0.15, -0.1) is 0 Å². The lowest BCUT2D eigenvalue weighted by atomic mass is 10.2. The summed E-state index contributed by atoms with van der Waals surface area (Å²) in [6, 6.07) is 8.31. The molecule has 1 atom stereocenters. The van der Waals surface area contributed by atoms with Gasteiger partial charge in [0.15, 0.2) is 11.6 Å². The second-order valence-corrected chi connectivity index (χ2v) is 5.75. The van der Waals surface area contributed by atoms with Crippen molar-refractivity contribution in [2.75, 3.05) is 24.6 Å². The van der Waals surface area contributed by atoms with E-state index in [2.05, 4.69) is 5.32 Å². The average molecular weight is 364 g/mol. The molecule has 1 aliphatic rings. The number of amides is 2. The number of carbonyl (C=O) groups excluding carboxylic acids is 2. The van der Waals surface area contributed by atoms with E-state index in [0.29, 0.717) is 5.69 Å². The molecule has 1 heterocycles. The second kappa shape index (κ2) is 7.57. The van der Waals surface area contributed by atoms with Crippen LogP contribution in [0.5, 0.6) is 0 Å². The lowest BCUT2D eigenvalue weighted by Crippen LogP contribution is -2.50. The molecule has 0 spiro atoms. The molecule has 0 radical (unpaired) electrons. The van der Waals surface area contributed by atoms with E-state index in [9.17, 15) is 22.8 Å². The molecule has 0 saturated carbocycles. The summed E-state index contributed by atoms with van der Waals surface area (Å²) in [5.41, 5.74) is 0.503. The fourth-order valence-electron chi connectivity index (χ4n) is 2.57. The van der Waals surface area contributed by atoms with E-state index in [1.165, 1.54) is 35.2 Å². The van der Waals surface area contributed by atoms with Crippen LogP contribution in [-0.2, 0) is 9.53 Å². The van der Waals surface area contributed by atoms with Gasteiger partial charge >= 0.3 is 0 Å². The predicted octanol–water partition coefficient (Wildman–Crippen LogP) is 2.27. The van der Waals surface area contributed by atoms with Crippen molar-refractivity contribution in [1.29, 1.82) is 0 Å². The molecule has 1 N–H and O–H groups in total. The van der Waals surface area contributed by atoms with E-state index in [-0.39, 0.29) is 31.2 Å². The first-order chi connectivity index (χ1) is 12.4. The maximum Gasteiger partial charge on any atom is 0.253 e. The SMILES string of the molecule is O=C(NCC1CN(c2ccc(F)cc2)C(=O)CO1)c1ccc(F)c(F)c1. The Balaban J connectivity index is 1.61. The third kappa shape index (κ3) is 4.02. The zero-order valence-corrected chi connectivity index (χ0v) is 13.5. The largest absolute Gasteiger partial charge is 0.365 e. The number of carbonyl (C=O) groups is 2. The number of ether oxygens (including phenoxy) is 1. The van der Waals surface area contributed by atoms with Gasteiger partial charge in [-0.05, 0) is 42.5 Å². The van der Waals surface area contributed by atoms with Gasteiger partial charge in [-0.25, -0.2) is 13.2 Å². The van der Waals surface area contributed by atoms with Crippen LogP contribution in [-0.4, -0.2) is 37.6 Å². The second-order valence-electron chi connectivity index (χ2n) is 5.75. The van der Waals surface area contributed by atoms with Crippen molar-refractivity contribution in [1.82, 2.24) is 5.32 Å². The minimum absolute atomic E-state index is 0.0221. The maximum atomic E-state index is 13.2. The van der Waals surface area contributed by atoms with Crippen LogP contribution in [0.1, 0.15) is 10.4 Å². The molecule has 1 fully saturated rings. The van der Waals surface area contributed by atoms with Crippen molar-refractivity contribution in [2.24, 2.45) is 0 Å². The highest BCUT2D eigenvalue weighted by atomic mass is 19.2. The van der Waals surface area contributed by atoms with Crippen molar-refractivity contribution in [2.45, 2.75) is 6.10 Å². The molecule has 5 nitrogen and oxygen atoms in total. The van der Waals surface area contributed by atoms with Crippen LogP contribution in [0, 0.1) is 17.5 Å². The molecule has 0 aromatic heterocycles. The smallest absolute Gasteiger partial charge is 0.253 e. The summed E-state index contributed by atoms with van der Waals surface area (Å²) in [6.45, 7) is 0.0639. The fraction of sp³-hybridized carbons (Fsp3) is 0.222. The average Bonchev–Trinajstić information content (AvgIpc) is 2.64. The number of halogens is 3. The molecule has 1 aliphatic heterocycles. The van der Waals surface area contributed by atoms with E-state index in [1.54, 1.807) is 0 Å². The normalized spacial score (nSPS) is 17.3. The number of nitrogens with zero attached hydrogens (tertiary/aromatic N) is 1. The van der Waals surface area contributed by atoms with Crippen LogP contribution >= 0.6 is 0 Å². The monoisotopic (exact) mass is 364 g/mol. The summed E-state index contributed by atoms with van der Waals surface area (Å²) < 4.78 is 44.5. The summed E-state index contributed by atoms with van der Waals surface area (Å²) >= 11 is 0. The van der Waals surface area contributed by atoms with E-state index in [4.69, 9.17) is 4.74 Å². The Kier molecular flexibility index (Phi) is 5.22. The molecule has 0 bridgehead atoms. The molecule has 26 heavy (non-hydrogen) atoms. The highest BCUT2D eigenvalue weighted by Gasteiger charge is 2.27. The van der Waals surface area contributed by atoms with Gasteiger partial charge in [-0.1, -0.05) is 0 Å². The van der Waals surface area contributed by atoms with Crippen LogP contribution in [0.4, 0.5) is 18.9 Å².